The molecule has 0 saturated carbocycles. The van der Waals surface area contributed by atoms with Crippen LogP contribution in [0.3, 0.4) is 0 Å². The minimum Gasteiger partial charge on any atom is -0.497 e. The van der Waals surface area contributed by atoms with E-state index >= 15 is 0 Å². The van der Waals surface area contributed by atoms with E-state index in [1.54, 1.807) is 7.11 Å². The first kappa shape index (κ1) is 33.4. The molecule has 15 heteroatoms. The van der Waals surface area contributed by atoms with Gasteiger partial charge in [-0.15, -0.1) is 0 Å². The summed E-state index contributed by atoms with van der Waals surface area (Å²) in [4.78, 5) is 22.5. The van der Waals surface area contributed by atoms with Crippen LogP contribution in [-0.4, -0.2) is 110 Å². The molecule has 2 aliphatic rings. The molecular weight excluding hydrogens is 530 g/mol. The van der Waals surface area contributed by atoms with Gasteiger partial charge in [0.05, 0.1) is 26.4 Å². The van der Waals surface area contributed by atoms with Crippen molar-refractivity contribution in [1.82, 2.24) is 9.80 Å². The number of carboxylic acids is 2. The van der Waals surface area contributed by atoms with Gasteiger partial charge in [0.1, 0.15) is 11.4 Å². The molecule has 2 unspecified atom stereocenters. The van der Waals surface area contributed by atoms with Gasteiger partial charge in [0.15, 0.2) is 0 Å². The number of ether oxygens (including phenoxy) is 3. The van der Waals surface area contributed by atoms with E-state index in [9.17, 15) is 26.3 Å². The largest absolute Gasteiger partial charge is 0.497 e. The van der Waals surface area contributed by atoms with Gasteiger partial charge in [-0.05, 0) is 44.6 Å². The van der Waals surface area contributed by atoms with Gasteiger partial charge >= 0.3 is 24.3 Å². The molecule has 0 aliphatic carbocycles. The molecule has 0 aromatic heterocycles. The number of hydrogen-bond donors (Lipinski definition) is 2. The summed E-state index contributed by atoms with van der Waals surface area (Å²) in [5, 5.41) is 14.2. The van der Waals surface area contributed by atoms with E-state index in [4.69, 9.17) is 34.0 Å². The van der Waals surface area contributed by atoms with Crippen LogP contribution in [0, 0.1) is 0 Å². The molecule has 38 heavy (non-hydrogen) atoms. The second-order valence-electron chi connectivity index (χ2n) is 8.94. The Morgan fingerprint density at radius 2 is 1.61 bits per heavy atom. The predicted octanol–water partition coefficient (Wildman–Crippen LogP) is 3.27. The number of methoxy groups -OCH3 is 1. The number of halogens is 6. The third kappa shape index (κ3) is 12.3. The first-order chi connectivity index (χ1) is 17.5. The first-order valence-electron chi connectivity index (χ1n) is 11.3. The number of carboxylic acid groups (broad SMARTS) is 2. The fraction of sp³-hybridized carbons (Fsp3) is 0.652. The number of carbonyl (C=O) groups is 2. The number of alkyl halides is 6. The molecule has 0 radical (unpaired) electrons. The van der Waals surface area contributed by atoms with Crippen LogP contribution in [0.5, 0.6) is 5.75 Å². The Morgan fingerprint density at radius 1 is 1.08 bits per heavy atom. The third-order valence-corrected chi connectivity index (χ3v) is 5.39. The quantitative estimate of drug-likeness (QED) is 0.523. The summed E-state index contributed by atoms with van der Waals surface area (Å²) in [6.07, 6.45) is -7.63. The molecule has 218 valence electrons. The van der Waals surface area contributed by atoms with Crippen LogP contribution >= 0.6 is 0 Å². The average Bonchev–Trinajstić information content (AvgIpc) is 3.06. The van der Waals surface area contributed by atoms with Crippen LogP contribution in [-0.2, 0) is 25.6 Å². The van der Waals surface area contributed by atoms with Crippen molar-refractivity contribution in [3.05, 3.63) is 29.8 Å². The molecule has 3 rings (SSSR count). The number of hydrogen-bond acceptors (Lipinski definition) is 7. The maximum Gasteiger partial charge on any atom is 0.490 e. The van der Waals surface area contributed by atoms with Crippen LogP contribution in [0.15, 0.2) is 24.3 Å². The Balaban J connectivity index is 0.000000426. The lowest BCUT2D eigenvalue weighted by atomic mass is 9.99. The first-order valence-corrected chi connectivity index (χ1v) is 11.3. The monoisotopic (exact) mass is 562 g/mol. The lowest BCUT2D eigenvalue weighted by Crippen LogP contribution is -2.45. The number of nitrogens with zero attached hydrogens (tertiary/aromatic N) is 2. The standard InChI is InChI=1S/C19H30N2O3.2C2HF3O2/c1-20(2)13-18-8-9-19(24-18)14-21(10-11-23-15-19)12-16-4-6-17(22-3)7-5-16;2*3-2(4,5)1(6)7/h4-7,18H,8-15H2,1-3H3;2*(H,6,7). The van der Waals surface area contributed by atoms with Crippen LogP contribution in [0.4, 0.5) is 26.3 Å². The Morgan fingerprint density at radius 3 is 2.05 bits per heavy atom. The van der Waals surface area contributed by atoms with Crippen LogP contribution in [0.1, 0.15) is 18.4 Å². The summed E-state index contributed by atoms with van der Waals surface area (Å²) in [6.45, 7) is 5.31. The normalized spacial score (nSPS) is 22.1. The van der Waals surface area contributed by atoms with Crippen molar-refractivity contribution >= 4 is 11.9 Å². The Labute approximate surface area is 215 Å². The van der Waals surface area contributed by atoms with Crippen molar-refractivity contribution in [3.63, 3.8) is 0 Å². The molecule has 9 nitrogen and oxygen atoms in total. The SMILES string of the molecule is COc1ccc(CN2CCOCC3(CCC(CN(C)C)O3)C2)cc1.O=C(O)C(F)(F)F.O=C(O)C(F)(F)F. The molecule has 1 aromatic rings. The minimum absolute atomic E-state index is 0.135. The molecule has 2 saturated heterocycles. The zero-order valence-corrected chi connectivity index (χ0v) is 21.1. The smallest absolute Gasteiger partial charge is 0.490 e. The van der Waals surface area contributed by atoms with E-state index in [1.807, 2.05) is 12.1 Å². The summed E-state index contributed by atoms with van der Waals surface area (Å²) in [5.41, 5.74) is 1.17. The Hall–Kier alpha value is -2.62. The van der Waals surface area contributed by atoms with Gasteiger partial charge in [0.2, 0.25) is 0 Å². The molecular formula is C23H32F6N2O7. The van der Waals surface area contributed by atoms with E-state index in [0.717, 1.165) is 58.0 Å². The second kappa shape index (κ2) is 14.5. The summed E-state index contributed by atoms with van der Waals surface area (Å²) < 4.78 is 81.1. The van der Waals surface area contributed by atoms with Gasteiger partial charge in [-0.3, -0.25) is 4.90 Å². The number of aliphatic carboxylic acids is 2. The van der Waals surface area contributed by atoms with Crippen molar-refractivity contribution in [1.29, 1.82) is 0 Å². The lowest BCUT2D eigenvalue weighted by molar-refractivity contribution is -0.193. The average molecular weight is 563 g/mol. The predicted molar refractivity (Wildman–Crippen MR) is 122 cm³/mol. The lowest BCUT2D eigenvalue weighted by Gasteiger charge is -2.32. The van der Waals surface area contributed by atoms with Crippen LogP contribution in [0.2, 0.25) is 0 Å². The highest BCUT2D eigenvalue weighted by atomic mass is 19.4. The molecule has 2 fully saturated rings. The fourth-order valence-electron chi connectivity index (χ4n) is 3.76. The van der Waals surface area contributed by atoms with Gasteiger partial charge in [-0.2, -0.15) is 26.3 Å². The zero-order chi connectivity index (χ0) is 29.1. The van der Waals surface area contributed by atoms with E-state index in [-0.39, 0.29) is 5.60 Å². The van der Waals surface area contributed by atoms with E-state index in [0.29, 0.717) is 6.10 Å². The van der Waals surface area contributed by atoms with Gasteiger partial charge in [0, 0.05) is 26.2 Å². The summed E-state index contributed by atoms with van der Waals surface area (Å²) >= 11 is 0. The van der Waals surface area contributed by atoms with Crippen molar-refractivity contribution < 1.29 is 60.4 Å². The van der Waals surface area contributed by atoms with Gasteiger partial charge in [-0.25, -0.2) is 9.59 Å². The van der Waals surface area contributed by atoms with Crippen molar-refractivity contribution in [2.45, 2.75) is 43.4 Å². The number of rotatable bonds is 5. The summed E-state index contributed by atoms with van der Waals surface area (Å²) in [5.74, 6) is -4.61. The molecule has 0 amide bonds. The summed E-state index contributed by atoms with van der Waals surface area (Å²) in [7, 11) is 5.91. The number of likely N-dealkylation sites (N-methyl/N-ethyl adjacent to an activating group) is 1. The highest BCUT2D eigenvalue weighted by Gasteiger charge is 2.43. The molecule has 2 atom stereocenters. The maximum atomic E-state index is 10.6. The zero-order valence-electron chi connectivity index (χ0n) is 21.1. The highest BCUT2D eigenvalue weighted by Crippen LogP contribution is 2.33. The van der Waals surface area contributed by atoms with Crippen molar-refractivity contribution in [2.75, 3.05) is 54.1 Å². The molecule has 1 aromatic carbocycles. The topological polar surface area (TPSA) is 109 Å². The van der Waals surface area contributed by atoms with E-state index in [1.165, 1.54) is 5.56 Å². The van der Waals surface area contributed by atoms with E-state index < -0.39 is 24.3 Å². The molecule has 2 heterocycles. The van der Waals surface area contributed by atoms with Gasteiger partial charge in [0.25, 0.3) is 0 Å². The molecule has 0 bridgehead atoms. The molecule has 2 aliphatic heterocycles. The fourth-order valence-corrected chi connectivity index (χ4v) is 3.76. The van der Waals surface area contributed by atoms with E-state index in [2.05, 4.69) is 36.0 Å². The van der Waals surface area contributed by atoms with Gasteiger partial charge in [-0.1, -0.05) is 12.1 Å². The Kier molecular flexibility index (Phi) is 12.8. The summed E-state index contributed by atoms with van der Waals surface area (Å²) in [6, 6.07) is 8.33. The minimum atomic E-state index is -5.08. The van der Waals surface area contributed by atoms with Crippen LogP contribution in [0.25, 0.3) is 0 Å². The Bertz CT molecular complexity index is 856. The molecule has 1 spiro atoms. The van der Waals surface area contributed by atoms with Crippen molar-refractivity contribution in [2.24, 2.45) is 0 Å². The maximum absolute atomic E-state index is 10.6. The third-order valence-electron chi connectivity index (χ3n) is 5.39. The van der Waals surface area contributed by atoms with Gasteiger partial charge < -0.3 is 29.3 Å². The second-order valence-corrected chi connectivity index (χ2v) is 8.94. The van der Waals surface area contributed by atoms with Crippen molar-refractivity contribution in [3.8, 4) is 5.75 Å². The number of benzene rings is 1. The highest BCUT2D eigenvalue weighted by molar-refractivity contribution is 5.73. The molecule has 2 N–H and O–H groups in total. The van der Waals surface area contributed by atoms with Crippen LogP contribution < -0.4 is 4.74 Å².